The molecular weight excluding hydrogens is 246 g/mol. The van der Waals surface area contributed by atoms with Crippen molar-refractivity contribution in [3.8, 4) is 0 Å². The maximum absolute atomic E-state index is 6.10. The molecule has 0 aromatic heterocycles. The Balaban J connectivity index is 1.52. The number of hydrogen-bond donors (Lipinski definition) is 1. The molecule has 1 saturated carbocycles. The van der Waals surface area contributed by atoms with Crippen LogP contribution in [0.4, 0.5) is 0 Å². The van der Waals surface area contributed by atoms with E-state index in [1.54, 1.807) is 0 Å². The Labute approximate surface area is 122 Å². The van der Waals surface area contributed by atoms with Crippen LogP contribution in [-0.2, 0) is 17.7 Å². The molecule has 20 heavy (non-hydrogen) atoms. The minimum Gasteiger partial charge on any atom is -0.375 e. The molecule has 2 fully saturated rings. The second-order valence-corrected chi connectivity index (χ2v) is 6.48. The smallest absolute Gasteiger partial charge is 0.0697 e. The van der Waals surface area contributed by atoms with Gasteiger partial charge in [0, 0.05) is 19.2 Å². The van der Waals surface area contributed by atoms with Crippen molar-refractivity contribution in [1.82, 2.24) is 5.32 Å². The van der Waals surface area contributed by atoms with Gasteiger partial charge in [0.1, 0.15) is 0 Å². The van der Waals surface area contributed by atoms with E-state index >= 15 is 0 Å². The lowest BCUT2D eigenvalue weighted by molar-refractivity contribution is -0.0837. The molecule has 110 valence electrons. The molecule has 1 aromatic rings. The summed E-state index contributed by atoms with van der Waals surface area (Å²) in [5.41, 5.74) is 3.04. The maximum Gasteiger partial charge on any atom is 0.0697 e. The molecule has 0 bridgehead atoms. The lowest BCUT2D eigenvalue weighted by Gasteiger charge is -2.38. The van der Waals surface area contributed by atoms with Crippen LogP contribution >= 0.6 is 0 Å². The molecule has 1 saturated heterocycles. The van der Waals surface area contributed by atoms with Crippen LogP contribution in [0.5, 0.6) is 0 Å². The lowest BCUT2D eigenvalue weighted by Crippen LogP contribution is -2.45. The van der Waals surface area contributed by atoms with Gasteiger partial charge in [-0.2, -0.15) is 0 Å². The van der Waals surface area contributed by atoms with Gasteiger partial charge in [-0.3, -0.25) is 0 Å². The first-order valence-corrected chi connectivity index (χ1v) is 8.25. The van der Waals surface area contributed by atoms with Gasteiger partial charge in [0.15, 0.2) is 0 Å². The summed E-state index contributed by atoms with van der Waals surface area (Å²) in [6.45, 7) is 4.13. The molecule has 0 amide bonds. The van der Waals surface area contributed by atoms with E-state index in [1.807, 2.05) is 0 Å². The van der Waals surface area contributed by atoms with E-state index in [-0.39, 0.29) is 5.60 Å². The second kappa shape index (κ2) is 6.28. The fraction of sp³-hybridized carbons (Fsp3) is 0.667. The average Bonchev–Trinajstić information content (AvgIpc) is 2.93. The summed E-state index contributed by atoms with van der Waals surface area (Å²) < 4.78 is 6.10. The third-order valence-corrected chi connectivity index (χ3v) is 5.03. The zero-order valence-electron chi connectivity index (χ0n) is 12.7. The molecule has 1 heterocycles. The highest BCUT2D eigenvalue weighted by molar-refractivity contribution is 5.22. The van der Waals surface area contributed by atoms with E-state index in [1.165, 1.54) is 43.2 Å². The predicted molar refractivity (Wildman–Crippen MR) is 82.8 cm³/mol. The molecule has 3 rings (SSSR count). The number of rotatable bonds is 4. The van der Waals surface area contributed by atoms with Gasteiger partial charge in [-0.25, -0.2) is 0 Å². The fourth-order valence-electron chi connectivity index (χ4n) is 3.72. The van der Waals surface area contributed by atoms with Crippen LogP contribution in [0.25, 0.3) is 0 Å². The van der Waals surface area contributed by atoms with E-state index < -0.39 is 0 Å². The molecule has 2 nitrogen and oxygen atoms in total. The topological polar surface area (TPSA) is 21.3 Å². The van der Waals surface area contributed by atoms with Gasteiger partial charge in [0.2, 0.25) is 0 Å². The van der Waals surface area contributed by atoms with Crippen LogP contribution in [0.3, 0.4) is 0 Å². The Kier molecular flexibility index (Phi) is 4.42. The summed E-state index contributed by atoms with van der Waals surface area (Å²) in [6, 6.07) is 9.65. The zero-order chi connectivity index (χ0) is 13.8. The Hall–Kier alpha value is -0.860. The normalized spacial score (nSPS) is 25.1. The van der Waals surface area contributed by atoms with E-state index in [9.17, 15) is 0 Å². The van der Waals surface area contributed by atoms with Gasteiger partial charge in [0.25, 0.3) is 0 Å². The first-order chi connectivity index (χ1) is 9.80. The standard InChI is InChI=1S/C18H27NO/c1-2-15-5-7-16(8-6-15)14-19-17-9-12-20-18(13-17)10-3-4-11-18/h5-8,17,19H,2-4,9-14H2,1H3. The summed E-state index contributed by atoms with van der Waals surface area (Å²) >= 11 is 0. The molecular formula is C18H27NO. The SMILES string of the molecule is CCc1ccc(CNC2CCOC3(CCCC3)C2)cc1. The van der Waals surface area contributed by atoms with Crippen LogP contribution < -0.4 is 5.32 Å². The Morgan fingerprint density at radius 3 is 2.55 bits per heavy atom. The molecule has 1 aliphatic heterocycles. The van der Waals surface area contributed by atoms with Crippen LogP contribution in [0.15, 0.2) is 24.3 Å². The van der Waals surface area contributed by atoms with Gasteiger partial charge in [-0.15, -0.1) is 0 Å². The summed E-state index contributed by atoms with van der Waals surface area (Å²) in [4.78, 5) is 0. The van der Waals surface area contributed by atoms with E-state index in [4.69, 9.17) is 4.74 Å². The molecule has 1 spiro atoms. The van der Waals surface area contributed by atoms with Crippen molar-refractivity contribution >= 4 is 0 Å². The van der Waals surface area contributed by atoms with Gasteiger partial charge >= 0.3 is 0 Å². The van der Waals surface area contributed by atoms with Crippen LogP contribution in [0.2, 0.25) is 0 Å². The van der Waals surface area contributed by atoms with E-state index in [0.717, 1.165) is 26.0 Å². The van der Waals surface area contributed by atoms with Crippen molar-refractivity contribution in [2.45, 2.75) is 70.1 Å². The largest absolute Gasteiger partial charge is 0.375 e. The van der Waals surface area contributed by atoms with Crippen LogP contribution in [0, 0.1) is 0 Å². The maximum atomic E-state index is 6.10. The first kappa shape index (κ1) is 14.1. The fourth-order valence-corrected chi connectivity index (χ4v) is 3.72. The molecule has 0 radical (unpaired) electrons. The van der Waals surface area contributed by atoms with Gasteiger partial charge < -0.3 is 10.1 Å². The van der Waals surface area contributed by atoms with Crippen molar-refractivity contribution in [2.75, 3.05) is 6.61 Å². The minimum absolute atomic E-state index is 0.224. The molecule has 1 aliphatic carbocycles. The van der Waals surface area contributed by atoms with Crippen molar-refractivity contribution < 1.29 is 4.74 Å². The van der Waals surface area contributed by atoms with Crippen molar-refractivity contribution in [1.29, 1.82) is 0 Å². The lowest BCUT2D eigenvalue weighted by atomic mass is 9.89. The third kappa shape index (κ3) is 3.24. The van der Waals surface area contributed by atoms with Crippen molar-refractivity contribution in [3.63, 3.8) is 0 Å². The Morgan fingerprint density at radius 1 is 1.15 bits per heavy atom. The van der Waals surface area contributed by atoms with Gasteiger partial charge in [-0.1, -0.05) is 44.0 Å². The second-order valence-electron chi connectivity index (χ2n) is 6.48. The van der Waals surface area contributed by atoms with E-state index in [2.05, 4.69) is 36.5 Å². The van der Waals surface area contributed by atoms with E-state index in [0.29, 0.717) is 6.04 Å². The summed E-state index contributed by atoms with van der Waals surface area (Å²) in [5, 5.41) is 3.75. The van der Waals surface area contributed by atoms with Gasteiger partial charge in [0.05, 0.1) is 5.60 Å². The molecule has 1 aromatic carbocycles. The van der Waals surface area contributed by atoms with Crippen molar-refractivity contribution in [3.05, 3.63) is 35.4 Å². The Morgan fingerprint density at radius 2 is 1.85 bits per heavy atom. The molecule has 2 aliphatic rings. The number of nitrogens with one attached hydrogen (secondary N) is 1. The van der Waals surface area contributed by atoms with Crippen LogP contribution in [0.1, 0.15) is 56.6 Å². The summed E-state index contributed by atoms with van der Waals surface area (Å²) in [6.07, 6.45) is 8.74. The first-order valence-electron chi connectivity index (χ1n) is 8.25. The molecule has 1 N–H and O–H groups in total. The van der Waals surface area contributed by atoms with Crippen molar-refractivity contribution in [2.24, 2.45) is 0 Å². The highest BCUT2D eigenvalue weighted by Gasteiger charge is 2.39. The summed E-state index contributed by atoms with van der Waals surface area (Å²) in [5.74, 6) is 0. The van der Waals surface area contributed by atoms with Crippen LogP contribution in [-0.4, -0.2) is 18.2 Å². The predicted octanol–water partition coefficient (Wildman–Crippen LogP) is 3.83. The number of ether oxygens (including phenoxy) is 1. The number of aryl methyl sites for hydroxylation is 1. The highest BCUT2D eigenvalue weighted by atomic mass is 16.5. The number of benzene rings is 1. The monoisotopic (exact) mass is 273 g/mol. The molecule has 2 heteroatoms. The quantitative estimate of drug-likeness (QED) is 0.900. The Bertz CT molecular complexity index is 420. The zero-order valence-corrected chi connectivity index (χ0v) is 12.7. The summed E-state index contributed by atoms with van der Waals surface area (Å²) in [7, 11) is 0. The van der Waals surface area contributed by atoms with Gasteiger partial charge in [-0.05, 0) is 43.2 Å². The average molecular weight is 273 g/mol. The molecule has 1 atom stereocenters. The third-order valence-electron chi connectivity index (χ3n) is 5.03. The molecule has 1 unspecified atom stereocenters. The highest BCUT2D eigenvalue weighted by Crippen LogP contribution is 2.39. The number of hydrogen-bond acceptors (Lipinski definition) is 2. The minimum atomic E-state index is 0.224.